The van der Waals surface area contributed by atoms with Crippen LogP contribution < -0.4 is 10.2 Å². The summed E-state index contributed by atoms with van der Waals surface area (Å²) >= 11 is 0. The lowest BCUT2D eigenvalue weighted by Gasteiger charge is -2.24. The summed E-state index contributed by atoms with van der Waals surface area (Å²) < 4.78 is 2.05. The lowest BCUT2D eigenvalue weighted by Crippen LogP contribution is -2.31. The summed E-state index contributed by atoms with van der Waals surface area (Å²) in [4.78, 5) is 4.91. The fourth-order valence-corrected chi connectivity index (χ4v) is 2.80. The molecule has 0 aliphatic carbocycles. The van der Waals surface area contributed by atoms with Gasteiger partial charge in [0.2, 0.25) is 0 Å². The largest absolute Gasteiger partial charge is 0.355 e. The number of hydrogen-bond donors (Lipinski definition) is 1. The van der Waals surface area contributed by atoms with Crippen LogP contribution in [0.3, 0.4) is 0 Å². The fraction of sp³-hybridized carbons (Fsp3) is 0.786. The van der Waals surface area contributed by atoms with E-state index in [1.54, 1.807) is 0 Å². The zero-order valence-corrected chi connectivity index (χ0v) is 12.7. The van der Waals surface area contributed by atoms with E-state index < -0.39 is 0 Å². The normalized spacial score (nSPS) is 17.8. The summed E-state index contributed by atoms with van der Waals surface area (Å²) in [5.41, 5.74) is 2.50. The molecule has 2 rings (SSSR count). The highest BCUT2D eigenvalue weighted by Crippen LogP contribution is 2.24. The Labute approximate surface area is 116 Å². The maximum absolute atomic E-state index is 4.61. The third kappa shape index (κ3) is 3.28. The maximum Gasteiger partial charge on any atom is 0.131 e. The van der Waals surface area contributed by atoms with Crippen molar-refractivity contribution in [2.24, 2.45) is 7.05 Å². The molecule has 108 valence electrons. The van der Waals surface area contributed by atoms with Gasteiger partial charge in [0, 0.05) is 38.8 Å². The second-order valence-corrected chi connectivity index (χ2v) is 5.44. The van der Waals surface area contributed by atoms with E-state index in [0.717, 1.165) is 38.4 Å². The average Bonchev–Trinajstić information content (AvgIpc) is 2.53. The third-order valence-corrected chi connectivity index (χ3v) is 3.88. The number of aromatic nitrogens is 2. The highest BCUT2D eigenvalue weighted by Gasteiger charge is 2.20. The second kappa shape index (κ2) is 6.39. The number of aryl methyl sites for hydroxylation is 2. The summed E-state index contributed by atoms with van der Waals surface area (Å²) in [6, 6.07) is 0. The third-order valence-electron chi connectivity index (χ3n) is 3.88. The smallest absolute Gasteiger partial charge is 0.131 e. The summed E-state index contributed by atoms with van der Waals surface area (Å²) in [7, 11) is 4.27. The molecule has 5 nitrogen and oxygen atoms in total. The van der Waals surface area contributed by atoms with Crippen LogP contribution in [0.15, 0.2) is 0 Å². The van der Waals surface area contributed by atoms with Gasteiger partial charge in [-0.2, -0.15) is 5.10 Å². The molecule has 0 unspecified atom stereocenters. The van der Waals surface area contributed by atoms with Gasteiger partial charge in [-0.25, -0.2) is 0 Å². The lowest BCUT2D eigenvalue weighted by molar-refractivity contribution is 0.360. The minimum atomic E-state index is 0.915. The quantitative estimate of drug-likeness (QED) is 0.880. The van der Waals surface area contributed by atoms with E-state index in [4.69, 9.17) is 0 Å². The van der Waals surface area contributed by atoms with Gasteiger partial charge in [-0.3, -0.25) is 4.68 Å². The summed E-state index contributed by atoms with van der Waals surface area (Å²) in [6.07, 6.45) is 1.22. The molecule has 0 radical (unpaired) electrons. The van der Waals surface area contributed by atoms with Crippen molar-refractivity contribution in [3.63, 3.8) is 0 Å². The maximum atomic E-state index is 4.61. The van der Waals surface area contributed by atoms with E-state index >= 15 is 0 Å². The Balaban J connectivity index is 2.21. The number of anilines is 1. The van der Waals surface area contributed by atoms with Crippen molar-refractivity contribution in [1.82, 2.24) is 20.0 Å². The molecule has 1 N–H and O–H groups in total. The van der Waals surface area contributed by atoms with E-state index in [2.05, 4.69) is 48.2 Å². The molecule has 0 saturated carbocycles. The molecule has 2 heterocycles. The summed E-state index contributed by atoms with van der Waals surface area (Å²) in [5.74, 6) is 1.30. The van der Waals surface area contributed by atoms with Gasteiger partial charge >= 0.3 is 0 Å². The van der Waals surface area contributed by atoms with E-state index in [0.29, 0.717) is 0 Å². The predicted molar refractivity (Wildman–Crippen MR) is 79.7 cm³/mol. The number of hydrogen-bond acceptors (Lipinski definition) is 4. The van der Waals surface area contributed by atoms with Gasteiger partial charge in [0.1, 0.15) is 5.82 Å². The van der Waals surface area contributed by atoms with Gasteiger partial charge < -0.3 is 15.1 Å². The zero-order chi connectivity index (χ0) is 13.8. The molecule has 1 saturated heterocycles. The van der Waals surface area contributed by atoms with E-state index in [-0.39, 0.29) is 0 Å². The van der Waals surface area contributed by atoms with Crippen molar-refractivity contribution in [2.45, 2.75) is 26.8 Å². The number of nitrogens with one attached hydrogen (secondary N) is 1. The minimum Gasteiger partial charge on any atom is -0.355 e. The molecule has 5 heteroatoms. The lowest BCUT2D eigenvalue weighted by atomic mass is 10.2. The first-order chi connectivity index (χ1) is 9.13. The first-order valence-corrected chi connectivity index (χ1v) is 7.30. The van der Waals surface area contributed by atoms with Gasteiger partial charge in [-0.15, -0.1) is 0 Å². The first kappa shape index (κ1) is 14.3. The monoisotopic (exact) mass is 265 g/mol. The SMILES string of the molecule is CCNCc1c(C)nn(C)c1N1CCCN(C)CC1. The minimum absolute atomic E-state index is 0.915. The van der Waals surface area contributed by atoms with Crippen LogP contribution in [0.25, 0.3) is 0 Å². The second-order valence-electron chi connectivity index (χ2n) is 5.44. The number of rotatable bonds is 4. The first-order valence-electron chi connectivity index (χ1n) is 7.30. The Morgan fingerprint density at radius 2 is 1.95 bits per heavy atom. The molecule has 0 bridgehead atoms. The van der Waals surface area contributed by atoms with Crippen LogP contribution in [-0.4, -0.2) is 54.5 Å². The molecular formula is C14H27N5. The molecule has 1 aromatic heterocycles. The van der Waals surface area contributed by atoms with Crippen molar-refractivity contribution in [2.75, 3.05) is 44.7 Å². The molecule has 0 spiro atoms. The van der Waals surface area contributed by atoms with Crippen molar-refractivity contribution in [1.29, 1.82) is 0 Å². The van der Waals surface area contributed by atoms with Crippen LogP contribution in [0.5, 0.6) is 0 Å². The Bertz CT molecular complexity index is 412. The van der Waals surface area contributed by atoms with Crippen molar-refractivity contribution in [3.05, 3.63) is 11.3 Å². The van der Waals surface area contributed by atoms with E-state index in [1.165, 1.54) is 24.3 Å². The Hall–Kier alpha value is -1.07. The van der Waals surface area contributed by atoms with Gasteiger partial charge in [-0.1, -0.05) is 6.92 Å². The Morgan fingerprint density at radius 1 is 1.16 bits per heavy atom. The van der Waals surface area contributed by atoms with Crippen LogP contribution in [0, 0.1) is 6.92 Å². The molecule has 0 atom stereocenters. The zero-order valence-electron chi connectivity index (χ0n) is 12.7. The van der Waals surface area contributed by atoms with Crippen LogP contribution >= 0.6 is 0 Å². The number of likely N-dealkylation sites (N-methyl/N-ethyl adjacent to an activating group) is 1. The molecule has 0 amide bonds. The molecule has 0 aromatic carbocycles. The van der Waals surface area contributed by atoms with E-state index in [9.17, 15) is 0 Å². The van der Waals surface area contributed by atoms with Gasteiger partial charge in [0.25, 0.3) is 0 Å². The molecule has 1 aromatic rings. The molecular weight excluding hydrogens is 238 g/mol. The van der Waals surface area contributed by atoms with E-state index in [1.807, 2.05) is 4.68 Å². The molecule has 1 aliphatic rings. The van der Waals surface area contributed by atoms with Gasteiger partial charge in [0.15, 0.2) is 0 Å². The topological polar surface area (TPSA) is 36.3 Å². The Kier molecular flexibility index (Phi) is 4.82. The predicted octanol–water partition coefficient (Wildman–Crippen LogP) is 0.980. The van der Waals surface area contributed by atoms with Crippen molar-refractivity contribution < 1.29 is 0 Å². The van der Waals surface area contributed by atoms with Gasteiger partial charge in [0.05, 0.1) is 5.69 Å². The Morgan fingerprint density at radius 3 is 2.68 bits per heavy atom. The number of nitrogens with zero attached hydrogens (tertiary/aromatic N) is 4. The van der Waals surface area contributed by atoms with Gasteiger partial charge in [-0.05, 0) is 33.5 Å². The highest BCUT2D eigenvalue weighted by atomic mass is 15.4. The average molecular weight is 265 g/mol. The summed E-state index contributed by atoms with van der Waals surface area (Å²) in [6.45, 7) is 10.7. The van der Waals surface area contributed by atoms with Crippen LogP contribution in [0.2, 0.25) is 0 Å². The molecule has 1 aliphatic heterocycles. The highest BCUT2D eigenvalue weighted by molar-refractivity contribution is 5.50. The van der Waals surface area contributed by atoms with Crippen LogP contribution in [-0.2, 0) is 13.6 Å². The van der Waals surface area contributed by atoms with Crippen molar-refractivity contribution in [3.8, 4) is 0 Å². The summed E-state index contributed by atoms with van der Waals surface area (Å²) in [5, 5.41) is 8.04. The fourth-order valence-electron chi connectivity index (χ4n) is 2.80. The molecule has 1 fully saturated rings. The van der Waals surface area contributed by atoms with Crippen molar-refractivity contribution >= 4 is 5.82 Å². The van der Waals surface area contributed by atoms with Crippen LogP contribution in [0.1, 0.15) is 24.6 Å². The standard InChI is InChI=1S/C14H27N5/c1-5-15-11-13-12(2)16-18(4)14(13)19-8-6-7-17(3)9-10-19/h15H,5-11H2,1-4H3. The molecule has 19 heavy (non-hydrogen) atoms. The van der Waals surface area contributed by atoms with Crippen LogP contribution in [0.4, 0.5) is 5.82 Å².